The normalized spacial score (nSPS) is 10.8. The van der Waals surface area contributed by atoms with E-state index in [9.17, 15) is 18.0 Å². The van der Waals surface area contributed by atoms with Gasteiger partial charge in [0.15, 0.2) is 12.0 Å². The van der Waals surface area contributed by atoms with Crippen LogP contribution in [0.3, 0.4) is 0 Å². The third kappa shape index (κ3) is 2.98. The average Bonchev–Trinajstić information content (AvgIpc) is 2.81. The van der Waals surface area contributed by atoms with E-state index in [0.29, 0.717) is 6.29 Å². The van der Waals surface area contributed by atoms with Crippen LogP contribution < -0.4 is 4.74 Å². The lowest BCUT2D eigenvalue weighted by atomic mass is 10.1. The quantitative estimate of drug-likeness (QED) is 0.784. The Morgan fingerprint density at radius 1 is 1.32 bits per heavy atom. The second kappa shape index (κ2) is 5.48. The molecule has 1 heterocycles. The highest BCUT2D eigenvalue weighted by Gasteiger charge is 2.16. The summed E-state index contributed by atoms with van der Waals surface area (Å²) in [5, 5.41) is 0. The second-order valence-electron chi connectivity index (χ2n) is 3.46. The minimum absolute atomic E-state index is 0.0293. The largest absolute Gasteiger partial charge is 0.453 e. The van der Waals surface area contributed by atoms with Gasteiger partial charge in [0.25, 0.3) is 0 Å². The molecule has 100 valence electrons. The van der Waals surface area contributed by atoms with Crippen molar-refractivity contribution in [3.8, 4) is 17.1 Å². The van der Waals surface area contributed by atoms with E-state index < -0.39 is 12.4 Å². The Kier molecular flexibility index (Phi) is 3.94. The number of alkyl halides is 2. The molecular formula is C12H6BrF3O3. The summed E-state index contributed by atoms with van der Waals surface area (Å²) in [6.45, 7) is -3.05. The molecule has 0 aliphatic carbocycles. The number of carbonyl (C=O) groups excluding carboxylic acids is 1. The van der Waals surface area contributed by atoms with Crippen molar-refractivity contribution in [2.75, 3.05) is 0 Å². The predicted molar refractivity (Wildman–Crippen MR) is 63.8 cm³/mol. The first-order chi connectivity index (χ1) is 9.01. The van der Waals surface area contributed by atoms with Gasteiger partial charge in [0.1, 0.15) is 17.3 Å². The minimum atomic E-state index is -3.05. The van der Waals surface area contributed by atoms with E-state index in [2.05, 4.69) is 20.7 Å². The van der Waals surface area contributed by atoms with Crippen molar-refractivity contribution in [2.24, 2.45) is 0 Å². The van der Waals surface area contributed by atoms with Crippen molar-refractivity contribution < 1.29 is 27.1 Å². The Morgan fingerprint density at radius 3 is 2.63 bits per heavy atom. The molecule has 2 rings (SSSR count). The standard InChI is InChI=1S/C12H6BrF3O3/c13-8-3-7(10-2-1-6(5-17)18-10)9(14)4-11(8)19-12(15)16/h1-5,12H. The molecule has 3 nitrogen and oxygen atoms in total. The van der Waals surface area contributed by atoms with E-state index in [4.69, 9.17) is 4.42 Å². The zero-order chi connectivity index (χ0) is 14.0. The van der Waals surface area contributed by atoms with Crippen LogP contribution in [0.1, 0.15) is 10.6 Å². The van der Waals surface area contributed by atoms with Gasteiger partial charge in [-0.05, 0) is 34.1 Å². The van der Waals surface area contributed by atoms with Gasteiger partial charge in [0, 0.05) is 6.07 Å². The molecule has 1 aromatic heterocycles. The molecule has 0 fully saturated rings. The Bertz CT molecular complexity index is 610. The number of benzene rings is 1. The predicted octanol–water partition coefficient (Wildman–Crippen LogP) is 4.26. The van der Waals surface area contributed by atoms with Crippen LogP contribution in [0.25, 0.3) is 11.3 Å². The molecule has 0 saturated carbocycles. The topological polar surface area (TPSA) is 39.4 Å². The number of halogens is 4. The average molecular weight is 335 g/mol. The fourth-order valence-electron chi connectivity index (χ4n) is 1.46. The van der Waals surface area contributed by atoms with Crippen molar-refractivity contribution in [3.05, 3.63) is 40.3 Å². The van der Waals surface area contributed by atoms with Crippen molar-refractivity contribution in [1.82, 2.24) is 0 Å². The minimum Gasteiger partial charge on any atom is -0.453 e. The van der Waals surface area contributed by atoms with Gasteiger partial charge in [0.05, 0.1) is 10.0 Å². The Labute approximate surface area is 114 Å². The van der Waals surface area contributed by atoms with Crippen LogP contribution in [-0.2, 0) is 0 Å². The summed E-state index contributed by atoms with van der Waals surface area (Å²) in [5.41, 5.74) is 0.0293. The molecule has 0 amide bonds. The summed E-state index contributed by atoms with van der Waals surface area (Å²) in [6.07, 6.45) is 0.477. The molecule has 0 atom stereocenters. The summed E-state index contributed by atoms with van der Waals surface area (Å²) < 4.78 is 47.3. The summed E-state index contributed by atoms with van der Waals surface area (Å²) >= 11 is 2.99. The molecule has 0 spiro atoms. The smallest absolute Gasteiger partial charge is 0.387 e. The van der Waals surface area contributed by atoms with Gasteiger partial charge < -0.3 is 9.15 Å². The van der Waals surface area contributed by atoms with Gasteiger partial charge in [-0.25, -0.2) is 4.39 Å². The third-order valence-corrected chi connectivity index (χ3v) is 2.87. The van der Waals surface area contributed by atoms with Crippen molar-refractivity contribution in [1.29, 1.82) is 0 Å². The van der Waals surface area contributed by atoms with E-state index in [1.165, 1.54) is 18.2 Å². The van der Waals surface area contributed by atoms with Gasteiger partial charge in [-0.15, -0.1) is 0 Å². The Balaban J connectivity index is 2.42. The first-order valence-corrected chi connectivity index (χ1v) is 5.80. The van der Waals surface area contributed by atoms with E-state index in [-0.39, 0.29) is 27.3 Å². The number of rotatable bonds is 4. The zero-order valence-electron chi connectivity index (χ0n) is 9.20. The summed E-state index contributed by atoms with van der Waals surface area (Å²) in [6, 6.07) is 4.83. The zero-order valence-corrected chi connectivity index (χ0v) is 10.8. The van der Waals surface area contributed by atoms with E-state index in [1.54, 1.807) is 0 Å². The maximum atomic E-state index is 13.8. The van der Waals surface area contributed by atoms with Gasteiger partial charge in [-0.1, -0.05) is 0 Å². The molecule has 0 bridgehead atoms. The summed E-state index contributed by atoms with van der Waals surface area (Å²) in [4.78, 5) is 10.5. The summed E-state index contributed by atoms with van der Waals surface area (Å²) in [5.74, 6) is -0.966. The molecule has 0 saturated heterocycles. The van der Waals surface area contributed by atoms with Crippen LogP contribution in [0, 0.1) is 5.82 Å². The fraction of sp³-hybridized carbons (Fsp3) is 0.0833. The van der Waals surface area contributed by atoms with Gasteiger partial charge in [-0.3, -0.25) is 4.79 Å². The highest BCUT2D eigenvalue weighted by Crippen LogP contribution is 2.34. The Morgan fingerprint density at radius 2 is 2.05 bits per heavy atom. The van der Waals surface area contributed by atoms with Crippen molar-refractivity contribution >= 4 is 22.2 Å². The fourth-order valence-corrected chi connectivity index (χ4v) is 1.90. The first kappa shape index (κ1) is 13.7. The highest BCUT2D eigenvalue weighted by atomic mass is 79.9. The van der Waals surface area contributed by atoms with Crippen molar-refractivity contribution in [2.45, 2.75) is 6.61 Å². The first-order valence-electron chi connectivity index (χ1n) is 5.00. The van der Waals surface area contributed by atoms with Crippen LogP contribution in [0.5, 0.6) is 5.75 Å². The molecule has 19 heavy (non-hydrogen) atoms. The Hall–Kier alpha value is -1.76. The molecule has 0 unspecified atom stereocenters. The number of hydrogen-bond acceptors (Lipinski definition) is 3. The van der Waals surface area contributed by atoms with Crippen LogP contribution >= 0.6 is 15.9 Å². The van der Waals surface area contributed by atoms with Crippen molar-refractivity contribution in [3.63, 3.8) is 0 Å². The highest BCUT2D eigenvalue weighted by molar-refractivity contribution is 9.10. The molecular weight excluding hydrogens is 329 g/mol. The lowest BCUT2D eigenvalue weighted by Crippen LogP contribution is -2.03. The molecule has 7 heteroatoms. The van der Waals surface area contributed by atoms with E-state index in [1.807, 2.05) is 0 Å². The van der Waals surface area contributed by atoms with Crippen LogP contribution in [-0.4, -0.2) is 12.9 Å². The summed E-state index contributed by atoms with van der Waals surface area (Å²) in [7, 11) is 0. The molecule has 0 radical (unpaired) electrons. The van der Waals surface area contributed by atoms with Crippen LogP contribution in [0.4, 0.5) is 13.2 Å². The lowest BCUT2D eigenvalue weighted by Gasteiger charge is -2.08. The SMILES string of the molecule is O=Cc1ccc(-c2cc(Br)c(OC(F)F)cc2F)o1. The molecule has 1 aromatic carbocycles. The van der Waals surface area contributed by atoms with E-state index in [0.717, 1.165) is 6.07 Å². The van der Waals surface area contributed by atoms with Gasteiger partial charge in [-0.2, -0.15) is 8.78 Å². The number of ether oxygens (including phenoxy) is 1. The maximum absolute atomic E-state index is 13.8. The number of furan rings is 1. The lowest BCUT2D eigenvalue weighted by molar-refractivity contribution is -0.0505. The monoisotopic (exact) mass is 334 g/mol. The van der Waals surface area contributed by atoms with Gasteiger partial charge >= 0.3 is 6.61 Å². The second-order valence-corrected chi connectivity index (χ2v) is 4.32. The molecule has 2 aromatic rings. The molecule has 0 aliphatic heterocycles. The number of aldehydes is 1. The maximum Gasteiger partial charge on any atom is 0.387 e. The number of hydrogen-bond donors (Lipinski definition) is 0. The van der Waals surface area contributed by atoms with Gasteiger partial charge in [0.2, 0.25) is 0 Å². The molecule has 0 N–H and O–H groups in total. The number of carbonyl (C=O) groups is 1. The molecule has 0 aliphatic rings. The van der Waals surface area contributed by atoms with Crippen LogP contribution in [0.2, 0.25) is 0 Å². The van der Waals surface area contributed by atoms with Crippen LogP contribution in [0.15, 0.2) is 33.2 Å². The van der Waals surface area contributed by atoms with E-state index >= 15 is 0 Å². The third-order valence-electron chi connectivity index (χ3n) is 2.25.